The Morgan fingerprint density at radius 2 is 1.74 bits per heavy atom. The molecule has 0 aromatic heterocycles. The standard InChI is InChI=1S/C19H21FN4O3/c20-18-4-2-1-3-15(18)13-21-19(25)14-22-9-11-23(12-10-22)16-5-7-17(8-6-16)24(26)27/h1-8H,9-14H2,(H,21,25). The first-order valence-corrected chi connectivity index (χ1v) is 8.75. The van der Waals surface area contributed by atoms with Crippen LogP contribution in [0, 0.1) is 15.9 Å². The molecular formula is C19H21FN4O3. The molecule has 0 atom stereocenters. The van der Waals surface area contributed by atoms with Gasteiger partial charge in [-0.3, -0.25) is 19.8 Å². The van der Waals surface area contributed by atoms with Crippen molar-refractivity contribution < 1.29 is 14.1 Å². The zero-order chi connectivity index (χ0) is 19.2. The summed E-state index contributed by atoms with van der Waals surface area (Å²) in [5.74, 6) is -0.462. The highest BCUT2D eigenvalue weighted by atomic mass is 19.1. The first-order valence-electron chi connectivity index (χ1n) is 8.75. The van der Waals surface area contributed by atoms with Gasteiger partial charge in [-0.15, -0.1) is 0 Å². The summed E-state index contributed by atoms with van der Waals surface area (Å²) in [6.45, 7) is 3.34. The molecule has 0 bridgehead atoms. The van der Waals surface area contributed by atoms with Gasteiger partial charge < -0.3 is 10.2 Å². The highest BCUT2D eigenvalue weighted by molar-refractivity contribution is 5.78. The molecule has 1 amide bonds. The molecule has 1 fully saturated rings. The molecule has 7 nitrogen and oxygen atoms in total. The summed E-state index contributed by atoms with van der Waals surface area (Å²) in [5, 5.41) is 13.5. The predicted molar refractivity (Wildman–Crippen MR) is 100.0 cm³/mol. The number of carbonyl (C=O) groups is 1. The number of halogens is 1. The number of rotatable bonds is 6. The third-order valence-corrected chi connectivity index (χ3v) is 4.60. The van der Waals surface area contributed by atoms with Gasteiger partial charge >= 0.3 is 0 Å². The number of nitrogens with zero attached hydrogens (tertiary/aromatic N) is 3. The van der Waals surface area contributed by atoms with Gasteiger partial charge in [0.2, 0.25) is 5.91 Å². The van der Waals surface area contributed by atoms with Crippen LogP contribution in [0.5, 0.6) is 0 Å². The summed E-state index contributed by atoms with van der Waals surface area (Å²) < 4.78 is 13.6. The molecule has 8 heteroatoms. The number of non-ortho nitro benzene ring substituents is 1. The Morgan fingerprint density at radius 1 is 1.07 bits per heavy atom. The molecule has 3 rings (SSSR count). The highest BCUT2D eigenvalue weighted by Gasteiger charge is 2.19. The third kappa shape index (κ3) is 5.01. The fourth-order valence-corrected chi connectivity index (χ4v) is 3.04. The first kappa shape index (κ1) is 18.8. The number of nitrogens with one attached hydrogen (secondary N) is 1. The Balaban J connectivity index is 1.44. The van der Waals surface area contributed by atoms with E-state index in [1.807, 2.05) is 4.90 Å². The van der Waals surface area contributed by atoms with Gasteiger partial charge in [0.25, 0.3) is 5.69 Å². The molecule has 0 aliphatic carbocycles. The number of hydrogen-bond acceptors (Lipinski definition) is 5. The van der Waals surface area contributed by atoms with Crippen molar-refractivity contribution in [3.05, 3.63) is 70.0 Å². The van der Waals surface area contributed by atoms with E-state index in [1.54, 1.807) is 30.3 Å². The highest BCUT2D eigenvalue weighted by Crippen LogP contribution is 2.20. The van der Waals surface area contributed by atoms with Crippen LogP contribution in [0.2, 0.25) is 0 Å². The van der Waals surface area contributed by atoms with Gasteiger partial charge in [0.15, 0.2) is 0 Å². The van der Waals surface area contributed by atoms with Crippen molar-refractivity contribution >= 4 is 17.3 Å². The van der Waals surface area contributed by atoms with E-state index in [0.717, 1.165) is 18.8 Å². The zero-order valence-electron chi connectivity index (χ0n) is 14.8. The summed E-state index contributed by atoms with van der Waals surface area (Å²) in [6, 6.07) is 12.9. The number of benzene rings is 2. The van der Waals surface area contributed by atoms with E-state index < -0.39 is 4.92 Å². The molecule has 1 heterocycles. The first-order chi connectivity index (χ1) is 13.0. The van der Waals surface area contributed by atoms with Crippen LogP contribution in [0.1, 0.15) is 5.56 Å². The van der Waals surface area contributed by atoms with Crippen LogP contribution >= 0.6 is 0 Å². The van der Waals surface area contributed by atoms with Crippen LogP contribution in [0.3, 0.4) is 0 Å². The molecule has 0 radical (unpaired) electrons. The quantitative estimate of drug-likeness (QED) is 0.621. The number of carbonyl (C=O) groups excluding carboxylic acids is 1. The lowest BCUT2D eigenvalue weighted by Gasteiger charge is -2.35. The minimum atomic E-state index is -0.415. The zero-order valence-corrected chi connectivity index (χ0v) is 14.8. The molecule has 1 saturated heterocycles. The lowest BCUT2D eigenvalue weighted by molar-refractivity contribution is -0.384. The maximum absolute atomic E-state index is 13.6. The predicted octanol–water partition coefficient (Wildman–Crippen LogP) is 2.17. The van der Waals surface area contributed by atoms with Gasteiger partial charge in [-0.1, -0.05) is 18.2 Å². The van der Waals surface area contributed by atoms with E-state index in [9.17, 15) is 19.3 Å². The second-order valence-electron chi connectivity index (χ2n) is 6.40. The molecule has 0 spiro atoms. The number of hydrogen-bond donors (Lipinski definition) is 1. The molecule has 27 heavy (non-hydrogen) atoms. The third-order valence-electron chi connectivity index (χ3n) is 4.60. The number of nitro benzene ring substituents is 1. The van der Waals surface area contributed by atoms with E-state index in [1.165, 1.54) is 18.2 Å². The van der Waals surface area contributed by atoms with E-state index in [0.29, 0.717) is 18.7 Å². The van der Waals surface area contributed by atoms with Crippen molar-refractivity contribution in [3.63, 3.8) is 0 Å². The van der Waals surface area contributed by atoms with Gasteiger partial charge in [0.05, 0.1) is 11.5 Å². The van der Waals surface area contributed by atoms with Crippen LogP contribution in [-0.4, -0.2) is 48.5 Å². The van der Waals surface area contributed by atoms with Gasteiger partial charge in [0.1, 0.15) is 5.82 Å². The molecule has 1 N–H and O–H groups in total. The van der Waals surface area contributed by atoms with E-state index >= 15 is 0 Å². The minimum absolute atomic E-state index is 0.0731. The molecule has 142 valence electrons. The van der Waals surface area contributed by atoms with Crippen molar-refractivity contribution in [3.8, 4) is 0 Å². The molecule has 0 saturated carbocycles. The van der Waals surface area contributed by atoms with Crippen molar-refractivity contribution in [1.29, 1.82) is 0 Å². The maximum Gasteiger partial charge on any atom is 0.269 e. The molecule has 1 aliphatic rings. The lowest BCUT2D eigenvalue weighted by Crippen LogP contribution is -2.49. The van der Waals surface area contributed by atoms with Crippen molar-refractivity contribution in [2.24, 2.45) is 0 Å². The summed E-state index contributed by atoms with van der Waals surface area (Å²) in [7, 11) is 0. The topological polar surface area (TPSA) is 78.7 Å². The average molecular weight is 372 g/mol. The Hall–Kier alpha value is -3.00. The average Bonchev–Trinajstić information content (AvgIpc) is 2.68. The number of amides is 1. The normalized spacial score (nSPS) is 14.8. The Kier molecular flexibility index (Phi) is 5.97. The molecule has 2 aromatic carbocycles. The van der Waals surface area contributed by atoms with Crippen molar-refractivity contribution in [2.45, 2.75) is 6.54 Å². The number of anilines is 1. The van der Waals surface area contributed by atoms with Gasteiger partial charge in [-0.25, -0.2) is 4.39 Å². The van der Waals surface area contributed by atoms with E-state index in [4.69, 9.17) is 0 Å². The molecule has 2 aromatic rings. The van der Waals surface area contributed by atoms with E-state index in [-0.39, 0.29) is 30.5 Å². The second kappa shape index (κ2) is 8.59. The van der Waals surface area contributed by atoms with Gasteiger partial charge in [-0.05, 0) is 18.2 Å². The Morgan fingerprint density at radius 3 is 2.37 bits per heavy atom. The van der Waals surface area contributed by atoms with Gasteiger partial charge in [0, 0.05) is 56.1 Å². The van der Waals surface area contributed by atoms with Crippen molar-refractivity contribution in [1.82, 2.24) is 10.2 Å². The molecule has 1 aliphatic heterocycles. The summed E-state index contributed by atoms with van der Waals surface area (Å²) >= 11 is 0. The molecular weight excluding hydrogens is 351 g/mol. The minimum Gasteiger partial charge on any atom is -0.369 e. The fraction of sp³-hybridized carbons (Fsp3) is 0.316. The van der Waals surface area contributed by atoms with Crippen LogP contribution in [-0.2, 0) is 11.3 Å². The summed E-state index contributed by atoms with van der Waals surface area (Å²) in [5.41, 5.74) is 1.47. The monoisotopic (exact) mass is 372 g/mol. The van der Waals surface area contributed by atoms with E-state index in [2.05, 4.69) is 10.2 Å². The second-order valence-corrected chi connectivity index (χ2v) is 6.40. The largest absolute Gasteiger partial charge is 0.369 e. The van der Waals surface area contributed by atoms with Crippen LogP contribution in [0.25, 0.3) is 0 Å². The van der Waals surface area contributed by atoms with Gasteiger partial charge in [-0.2, -0.15) is 0 Å². The number of nitro groups is 1. The van der Waals surface area contributed by atoms with Crippen LogP contribution < -0.4 is 10.2 Å². The summed E-state index contributed by atoms with van der Waals surface area (Å²) in [4.78, 5) is 26.6. The van der Waals surface area contributed by atoms with Crippen molar-refractivity contribution in [2.75, 3.05) is 37.6 Å². The number of piperazine rings is 1. The smallest absolute Gasteiger partial charge is 0.269 e. The summed E-state index contributed by atoms with van der Waals surface area (Å²) in [6.07, 6.45) is 0. The lowest BCUT2D eigenvalue weighted by atomic mass is 10.2. The molecule has 0 unspecified atom stereocenters. The van der Waals surface area contributed by atoms with Crippen LogP contribution in [0.4, 0.5) is 15.8 Å². The fourth-order valence-electron chi connectivity index (χ4n) is 3.04. The van der Waals surface area contributed by atoms with Crippen LogP contribution in [0.15, 0.2) is 48.5 Å². The Bertz CT molecular complexity index is 805. The Labute approximate surface area is 156 Å². The SMILES string of the molecule is O=C(CN1CCN(c2ccc([N+](=O)[O-])cc2)CC1)NCc1ccccc1F. The maximum atomic E-state index is 13.6.